The highest BCUT2D eigenvalue weighted by Crippen LogP contribution is 2.07. The van der Waals surface area contributed by atoms with Gasteiger partial charge in [0.1, 0.15) is 5.82 Å². The van der Waals surface area contributed by atoms with Gasteiger partial charge in [0.15, 0.2) is 0 Å². The number of nitrogens with one attached hydrogen (secondary N) is 1. The van der Waals surface area contributed by atoms with Crippen molar-refractivity contribution in [3.05, 3.63) is 35.1 Å². The maximum atomic E-state index is 12.8. The molecule has 0 aliphatic heterocycles. The summed E-state index contributed by atoms with van der Waals surface area (Å²) in [7, 11) is 0. The van der Waals surface area contributed by atoms with Crippen LogP contribution in [0.2, 0.25) is 0 Å². The maximum absolute atomic E-state index is 12.8. The molecule has 5 heteroatoms. The van der Waals surface area contributed by atoms with Gasteiger partial charge in [0.2, 0.25) is 0 Å². The number of carbonyl (C=O) groups is 1. The van der Waals surface area contributed by atoms with Crippen LogP contribution in [0.25, 0.3) is 0 Å². The quantitative estimate of drug-likeness (QED) is 0.539. The average Bonchev–Trinajstić information content (AvgIpc) is 2.10. The average molecular weight is 195 g/mol. The molecule has 3 N–H and O–H groups in total. The van der Waals surface area contributed by atoms with E-state index < -0.39 is 6.03 Å². The zero-order valence-corrected chi connectivity index (χ0v) is 7.62. The number of nitrogens with two attached hydrogens (primary N) is 1. The molecule has 0 aliphatic carbocycles. The number of aryl methyl sites for hydroxylation is 1. The molecule has 0 fully saturated rings. The second kappa shape index (κ2) is 4.36. The number of carbonyl (C=O) groups excluding carboxylic acids is 1. The zero-order chi connectivity index (χ0) is 10.6. The van der Waals surface area contributed by atoms with E-state index in [9.17, 15) is 9.18 Å². The number of hydrogen-bond donors (Lipinski definition) is 2. The number of urea groups is 1. The van der Waals surface area contributed by atoms with Crippen molar-refractivity contribution in [2.24, 2.45) is 10.8 Å². The van der Waals surface area contributed by atoms with Gasteiger partial charge in [-0.15, -0.1) is 0 Å². The number of benzene rings is 1. The van der Waals surface area contributed by atoms with Crippen LogP contribution in [-0.4, -0.2) is 12.2 Å². The molecule has 2 amide bonds. The lowest BCUT2D eigenvalue weighted by molar-refractivity contribution is 0.249. The lowest BCUT2D eigenvalue weighted by Crippen LogP contribution is -2.24. The Labute approximate surface area is 80.6 Å². The van der Waals surface area contributed by atoms with Crippen molar-refractivity contribution in [2.45, 2.75) is 6.92 Å². The molecule has 74 valence electrons. The SMILES string of the molecule is Cc1cc(/C=N/NC(N)=O)ccc1F. The van der Waals surface area contributed by atoms with Crippen LogP contribution in [0.3, 0.4) is 0 Å². The molecule has 0 aliphatic rings. The Morgan fingerprint density at radius 2 is 2.36 bits per heavy atom. The first-order valence-corrected chi connectivity index (χ1v) is 3.94. The molecule has 0 spiro atoms. The summed E-state index contributed by atoms with van der Waals surface area (Å²) in [4.78, 5) is 10.2. The first-order valence-electron chi connectivity index (χ1n) is 3.94. The molecular weight excluding hydrogens is 185 g/mol. The van der Waals surface area contributed by atoms with E-state index in [0.29, 0.717) is 11.1 Å². The van der Waals surface area contributed by atoms with Gasteiger partial charge in [-0.05, 0) is 30.2 Å². The van der Waals surface area contributed by atoms with Crippen molar-refractivity contribution in [3.63, 3.8) is 0 Å². The van der Waals surface area contributed by atoms with Crippen LogP contribution in [0.4, 0.5) is 9.18 Å². The van der Waals surface area contributed by atoms with Crippen molar-refractivity contribution >= 4 is 12.2 Å². The molecule has 0 saturated carbocycles. The third kappa shape index (κ3) is 2.85. The Kier molecular flexibility index (Phi) is 3.17. The monoisotopic (exact) mass is 195 g/mol. The minimum atomic E-state index is -0.736. The minimum absolute atomic E-state index is 0.273. The Morgan fingerprint density at radius 3 is 2.93 bits per heavy atom. The van der Waals surface area contributed by atoms with Crippen LogP contribution in [0.15, 0.2) is 23.3 Å². The van der Waals surface area contributed by atoms with Crippen molar-refractivity contribution in [1.29, 1.82) is 0 Å². The van der Waals surface area contributed by atoms with Gasteiger partial charge in [-0.2, -0.15) is 5.10 Å². The van der Waals surface area contributed by atoms with Gasteiger partial charge < -0.3 is 5.73 Å². The molecule has 1 aromatic rings. The van der Waals surface area contributed by atoms with Crippen molar-refractivity contribution < 1.29 is 9.18 Å². The second-order valence-corrected chi connectivity index (χ2v) is 2.74. The highest BCUT2D eigenvalue weighted by atomic mass is 19.1. The number of nitrogens with zero attached hydrogens (tertiary/aromatic N) is 1. The molecule has 0 heterocycles. The summed E-state index contributed by atoms with van der Waals surface area (Å²) in [6.07, 6.45) is 1.39. The predicted molar refractivity (Wildman–Crippen MR) is 51.5 cm³/mol. The third-order valence-electron chi connectivity index (χ3n) is 1.57. The summed E-state index contributed by atoms with van der Waals surface area (Å²) in [5, 5.41) is 3.54. The van der Waals surface area contributed by atoms with Crippen LogP contribution in [0, 0.1) is 12.7 Å². The van der Waals surface area contributed by atoms with Crippen molar-refractivity contribution in [2.75, 3.05) is 0 Å². The van der Waals surface area contributed by atoms with Crippen LogP contribution in [-0.2, 0) is 0 Å². The fourth-order valence-corrected chi connectivity index (χ4v) is 0.919. The molecule has 0 atom stereocenters. The Hall–Kier alpha value is -1.91. The highest BCUT2D eigenvalue weighted by Gasteiger charge is 1.96. The van der Waals surface area contributed by atoms with Crippen LogP contribution in [0.1, 0.15) is 11.1 Å². The normalized spacial score (nSPS) is 10.4. The van der Waals surface area contributed by atoms with Crippen LogP contribution >= 0.6 is 0 Å². The lowest BCUT2D eigenvalue weighted by Gasteiger charge is -1.97. The first-order chi connectivity index (χ1) is 6.59. The molecule has 4 nitrogen and oxygen atoms in total. The van der Waals surface area contributed by atoms with E-state index in [4.69, 9.17) is 5.73 Å². The summed E-state index contributed by atoms with van der Waals surface area (Å²) in [6, 6.07) is 3.76. The molecule has 0 bridgehead atoms. The number of amides is 2. The fourth-order valence-electron chi connectivity index (χ4n) is 0.919. The molecular formula is C9H10FN3O. The number of hydrogen-bond acceptors (Lipinski definition) is 2. The number of halogens is 1. The maximum Gasteiger partial charge on any atom is 0.332 e. The summed E-state index contributed by atoms with van der Waals surface area (Å²) >= 11 is 0. The van der Waals surface area contributed by atoms with Gasteiger partial charge >= 0.3 is 6.03 Å². The molecule has 14 heavy (non-hydrogen) atoms. The Bertz CT molecular complexity index is 376. The van der Waals surface area contributed by atoms with E-state index in [-0.39, 0.29) is 5.82 Å². The lowest BCUT2D eigenvalue weighted by atomic mass is 10.1. The molecule has 0 radical (unpaired) electrons. The van der Waals surface area contributed by atoms with Gasteiger partial charge in [-0.3, -0.25) is 0 Å². The van der Waals surface area contributed by atoms with E-state index in [2.05, 4.69) is 5.10 Å². The number of hydrazone groups is 1. The number of rotatable bonds is 2. The summed E-state index contributed by atoms with van der Waals surface area (Å²) in [5.41, 5.74) is 8.04. The summed E-state index contributed by atoms with van der Waals surface area (Å²) in [6.45, 7) is 1.65. The van der Waals surface area contributed by atoms with Crippen LogP contribution in [0.5, 0.6) is 0 Å². The Morgan fingerprint density at radius 1 is 1.64 bits per heavy atom. The van der Waals surface area contributed by atoms with E-state index in [1.807, 2.05) is 5.43 Å². The molecule has 1 rings (SSSR count). The summed E-state index contributed by atoms with van der Waals surface area (Å²) < 4.78 is 12.8. The van der Waals surface area contributed by atoms with Crippen LogP contribution < -0.4 is 11.2 Å². The Balaban J connectivity index is 2.73. The van der Waals surface area contributed by atoms with Gasteiger partial charge in [0.25, 0.3) is 0 Å². The minimum Gasteiger partial charge on any atom is -0.350 e. The van der Waals surface area contributed by atoms with Crippen molar-refractivity contribution in [3.8, 4) is 0 Å². The zero-order valence-electron chi connectivity index (χ0n) is 7.62. The van der Waals surface area contributed by atoms with Crippen molar-refractivity contribution in [1.82, 2.24) is 5.43 Å². The van der Waals surface area contributed by atoms with E-state index in [1.54, 1.807) is 19.1 Å². The smallest absolute Gasteiger partial charge is 0.332 e. The van der Waals surface area contributed by atoms with Gasteiger partial charge in [0, 0.05) is 0 Å². The largest absolute Gasteiger partial charge is 0.350 e. The molecule has 0 aromatic heterocycles. The molecule has 1 aromatic carbocycles. The van der Waals surface area contributed by atoms with E-state index >= 15 is 0 Å². The molecule has 0 unspecified atom stereocenters. The number of primary amides is 1. The fraction of sp³-hybridized carbons (Fsp3) is 0.111. The summed E-state index contributed by atoms with van der Waals surface area (Å²) in [5.74, 6) is -0.273. The second-order valence-electron chi connectivity index (χ2n) is 2.74. The molecule has 0 saturated heterocycles. The topological polar surface area (TPSA) is 67.5 Å². The predicted octanol–water partition coefficient (Wildman–Crippen LogP) is 1.14. The third-order valence-corrected chi connectivity index (χ3v) is 1.57. The van der Waals surface area contributed by atoms with Gasteiger partial charge in [0.05, 0.1) is 6.21 Å². The highest BCUT2D eigenvalue weighted by molar-refractivity contribution is 5.81. The standard InChI is InChI=1S/C9H10FN3O/c1-6-4-7(2-3-8(6)10)5-12-13-9(11)14/h2-5H,1H3,(H3,11,13,14)/b12-5+. The van der Waals surface area contributed by atoms with E-state index in [1.165, 1.54) is 12.3 Å². The van der Waals surface area contributed by atoms with Gasteiger partial charge in [-0.25, -0.2) is 14.6 Å². The van der Waals surface area contributed by atoms with E-state index in [0.717, 1.165) is 0 Å². The van der Waals surface area contributed by atoms with Gasteiger partial charge in [-0.1, -0.05) is 6.07 Å². The first kappa shape index (κ1) is 10.2.